The van der Waals surface area contributed by atoms with E-state index in [-0.39, 0.29) is 22.9 Å². The fraction of sp³-hybridized carbons (Fsp3) is 0.615. The zero-order chi connectivity index (χ0) is 21.8. The molecule has 0 spiro atoms. The molecule has 0 bridgehead atoms. The smallest absolute Gasteiger partial charge is 0.302 e. The van der Waals surface area contributed by atoms with Gasteiger partial charge < -0.3 is 4.74 Å². The Balaban J connectivity index is 1.41. The van der Waals surface area contributed by atoms with Crippen LogP contribution in [0.25, 0.3) is 5.57 Å². The summed E-state index contributed by atoms with van der Waals surface area (Å²) in [4.78, 5) is 22.5. The van der Waals surface area contributed by atoms with Gasteiger partial charge in [-0.05, 0) is 83.4 Å². The normalized spacial score (nSPS) is 38.8. The molecule has 0 aliphatic heterocycles. The number of carbonyl (C=O) groups excluding carboxylic acids is 1. The molecule has 1 aromatic rings. The second kappa shape index (κ2) is 7.39. The minimum absolute atomic E-state index is 0.0539. The molecule has 0 unspecified atom stereocenters. The molecule has 5 rings (SSSR count). The van der Waals surface area contributed by atoms with Gasteiger partial charge in [-0.1, -0.05) is 36.5 Å². The maximum Gasteiger partial charge on any atom is 0.302 e. The van der Waals surface area contributed by atoms with Crippen LogP contribution in [0.3, 0.4) is 0 Å². The first-order valence-electron chi connectivity index (χ1n) is 11.8. The quantitative estimate of drug-likeness (QED) is 0.284. The Kier molecular flexibility index (Phi) is 4.91. The Morgan fingerprint density at radius 3 is 2.71 bits per heavy atom. The fourth-order valence-corrected chi connectivity index (χ4v) is 7.65. The van der Waals surface area contributed by atoms with E-state index in [0.29, 0.717) is 17.8 Å². The first-order chi connectivity index (χ1) is 14.8. The van der Waals surface area contributed by atoms with Crippen LogP contribution in [0.4, 0.5) is 0 Å². The number of nitroso groups, excluding NO2 is 1. The number of esters is 1. The fourth-order valence-electron chi connectivity index (χ4n) is 7.65. The van der Waals surface area contributed by atoms with E-state index in [4.69, 9.17) is 4.74 Å². The predicted molar refractivity (Wildman–Crippen MR) is 118 cm³/mol. The number of rotatable bonds is 3. The van der Waals surface area contributed by atoms with Crippen molar-refractivity contribution in [2.24, 2.45) is 33.9 Å². The Labute approximate surface area is 184 Å². The SMILES string of the molecule is CC(=O)O[C@H]1CC[C@@]2(C)C(=CC[C@@H]3[C@@H]2CC[C@]2(C)C(c4ccc[n+](N=O)c4)=CC[C@@H]32)C1. The number of nitrogens with zero attached hydrogens (tertiary/aromatic N) is 2. The van der Waals surface area contributed by atoms with Crippen molar-refractivity contribution in [3.63, 3.8) is 0 Å². The molecule has 0 aromatic carbocycles. The standard InChI is InChI=1S/C26H33N2O3/c1-17(29)31-20-10-12-25(2)19(15-20)6-7-21-23-9-8-22(26(23,3)13-11-24(21)25)18-5-4-14-28(16-18)27-30/h4-6,8,14,16,20-21,23-24H,7,9-13,15H2,1-3H3/q+1/t20-,21-,23-,24-,25-,26+/m0/s1. The average Bonchev–Trinajstić information content (AvgIpc) is 3.11. The van der Waals surface area contributed by atoms with E-state index in [9.17, 15) is 9.70 Å². The number of hydrogen-bond acceptors (Lipinski definition) is 4. The van der Waals surface area contributed by atoms with Crippen molar-refractivity contribution in [3.05, 3.63) is 52.7 Å². The van der Waals surface area contributed by atoms with Crippen LogP contribution in [0.2, 0.25) is 0 Å². The molecular formula is C26H33N2O3+. The van der Waals surface area contributed by atoms with Gasteiger partial charge in [0.25, 0.3) is 0 Å². The number of fused-ring (bicyclic) bond motifs is 5. The lowest BCUT2D eigenvalue weighted by Gasteiger charge is -2.57. The molecule has 4 aliphatic rings. The highest BCUT2D eigenvalue weighted by molar-refractivity contribution is 5.72. The van der Waals surface area contributed by atoms with Gasteiger partial charge in [0.05, 0.1) is 0 Å². The Morgan fingerprint density at radius 2 is 1.94 bits per heavy atom. The third-order valence-electron chi connectivity index (χ3n) is 9.16. The van der Waals surface area contributed by atoms with Crippen LogP contribution in [-0.2, 0) is 9.53 Å². The first kappa shape index (κ1) is 20.6. The van der Waals surface area contributed by atoms with Gasteiger partial charge in [0.15, 0.2) is 0 Å². The molecule has 2 fully saturated rings. The molecule has 5 heteroatoms. The highest BCUT2D eigenvalue weighted by Crippen LogP contribution is 2.66. The molecule has 31 heavy (non-hydrogen) atoms. The van der Waals surface area contributed by atoms with Gasteiger partial charge in [-0.2, -0.15) is 0 Å². The van der Waals surface area contributed by atoms with Gasteiger partial charge in [0.1, 0.15) is 6.10 Å². The number of aromatic nitrogens is 1. The highest BCUT2D eigenvalue weighted by Gasteiger charge is 2.57. The Bertz CT molecular complexity index is 983. The highest BCUT2D eigenvalue weighted by atomic mass is 16.5. The minimum Gasteiger partial charge on any atom is -0.462 e. The third kappa shape index (κ3) is 3.19. The van der Waals surface area contributed by atoms with Crippen molar-refractivity contribution in [2.75, 3.05) is 0 Å². The van der Waals surface area contributed by atoms with Gasteiger partial charge in [-0.25, -0.2) is 0 Å². The van der Waals surface area contributed by atoms with Gasteiger partial charge in [0.2, 0.25) is 17.7 Å². The summed E-state index contributed by atoms with van der Waals surface area (Å²) in [6, 6.07) is 4.03. The van der Waals surface area contributed by atoms with Crippen LogP contribution in [-0.4, -0.2) is 12.1 Å². The summed E-state index contributed by atoms with van der Waals surface area (Å²) < 4.78 is 6.94. The van der Waals surface area contributed by atoms with Crippen molar-refractivity contribution >= 4 is 11.5 Å². The lowest BCUT2D eigenvalue weighted by molar-refractivity contribution is -0.681. The van der Waals surface area contributed by atoms with Crippen LogP contribution in [0, 0.1) is 33.5 Å². The first-order valence-corrected chi connectivity index (χ1v) is 11.8. The molecule has 0 saturated heterocycles. The van der Waals surface area contributed by atoms with Crippen LogP contribution in [0.5, 0.6) is 0 Å². The molecule has 0 radical (unpaired) electrons. The topological polar surface area (TPSA) is 59.6 Å². The number of pyridine rings is 1. The molecule has 1 heterocycles. The lowest BCUT2D eigenvalue weighted by Crippen LogP contribution is -2.50. The molecule has 4 aliphatic carbocycles. The summed E-state index contributed by atoms with van der Waals surface area (Å²) in [5.74, 6) is 1.87. The summed E-state index contributed by atoms with van der Waals surface area (Å²) in [7, 11) is 0. The Hall–Kier alpha value is -2.30. The van der Waals surface area contributed by atoms with Crippen molar-refractivity contribution in [1.82, 2.24) is 0 Å². The maximum absolute atomic E-state index is 11.5. The molecule has 1 aromatic heterocycles. The van der Waals surface area contributed by atoms with Crippen LogP contribution in [0.15, 0.2) is 47.5 Å². The summed E-state index contributed by atoms with van der Waals surface area (Å²) in [6.45, 7) is 6.43. The maximum atomic E-state index is 11.5. The second-order valence-electron chi connectivity index (χ2n) is 10.6. The van der Waals surface area contributed by atoms with Gasteiger partial charge in [-0.3, -0.25) is 4.79 Å². The van der Waals surface area contributed by atoms with Gasteiger partial charge in [-0.15, -0.1) is 0 Å². The zero-order valence-electron chi connectivity index (χ0n) is 18.8. The second-order valence-corrected chi connectivity index (χ2v) is 10.6. The van der Waals surface area contributed by atoms with E-state index >= 15 is 0 Å². The monoisotopic (exact) mass is 421 g/mol. The summed E-state index contributed by atoms with van der Waals surface area (Å²) in [5, 5.41) is 3.07. The third-order valence-corrected chi connectivity index (χ3v) is 9.16. The largest absolute Gasteiger partial charge is 0.462 e. The van der Waals surface area contributed by atoms with E-state index in [1.807, 2.05) is 12.3 Å². The summed E-state index contributed by atoms with van der Waals surface area (Å²) >= 11 is 0. The molecule has 164 valence electrons. The zero-order valence-corrected chi connectivity index (χ0v) is 18.8. The van der Waals surface area contributed by atoms with E-state index in [1.165, 1.54) is 35.6 Å². The minimum atomic E-state index is -0.159. The van der Waals surface area contributed by atoms with E-state index < -0.39 is 0 Å². The van der Waals surface area contributed by atoms with Gasteiger partial charge >= 0.3 is 5.97 Å². The van der Waals surface area contributed by atoms with Crippen molar-refractivity contribution in [3.8, 4) is 0 Å². The van der Waals surface area contributed by atoms with Crippen molar-refractivity contribution in [2.45, 2.75) is 71.8 Å². The van der Waals surface area contributed by atoms with Crippen LogP contribution >= 0.6 is 0 Å². The molecule has 2 saturated carbocycles. The predicted octanol–water partition coefficient (Wildman–Crippen LogP) is 5.39. The lowest BCUT2D eigenvalue weighted by atomic mass is 9.47. The molecule has 5 nitrogen and oxygen atoms in total. The van der Waals surface area contributed by atoms with Gasteiger partial charge in [0, 0.05) is 25.0 Å². The number of hydrogen-bond donors (Lipinski definition) is 0. The number of allylic oxidation sites excluding steroid dienone is 3. The Morgan fingerprint density at radius 1 is 1.13 bits per heavy atom. The number of carbonyl (C=O) groups is 1. The van der Waals surface area contributed by atoms with Crippen molar-refractivity contribution in [1.29, 1.82) is 0 Å². The van der Waals surface area contributed by atoms with Crippen LogP contribution < -0.4 is 4.68 Å². The van der Waals surface area contributed by atoms with Crippen LogP contribution in [0.1, 0.15) is 71.3 Å². The van der Waals surface area contributed by atoms with E-state index in [1.54, 1.807) is 6.20 Å². The number of ether oxygens (including phenoxy) is 1. The molecule has 0 amide bonds. The molecule has 6 atom stereocenters. The summed E-state index contributed by atoms with van der Waals surface area (Å²) in [5.41, 5.74) is 4.45. The van der Waals surface area contributed by atoms with E-state index in [0.717, 1.165) is 37.7 Å². The summed E-state index contributed by atoms with van der Waals surface area (Å²) in [6.07, 6.45) is 16.2. The molecule has 0 N–H and O–H groups in total. The van der Waals surface area contributed by atoms with Crippen molar-refractivity contribution < 1.29 is 14.2 Å². The molecular weight excluding hydrogens is 388 g/mol. The van der Waals surface area contributed by atoms with E-state index in [2.05, 4.69) is 37.4 Å². The average molecular weight is 422 g/mol.